The molecule has 0 saturated carbocycles. The predicted octanol–water partition coefficient (Wildman–Crippen LogP) is 3.30. The summed E-state index contributed by atoms with van der Waals surface area (Å²) in [6.07, 6.45) is 7.57. The van der Waals surface area contributed by atoms with Crippen molar-refractivity contribution in [2.45, 2.75) is 13.3 Å². The molecule has 0 fully saturated rings. The van der Waals surface area contributed by atoms with E-state index in [9.17, 15) is 4.79 Å². The Morgan fingerprint density at radius 1 is 1.26 bits per heavy atom. The van der Waals surface area contributed by atoms with E-state index in [-0.39, 0.29) is 5.91 Å². The molecule has 1 N–H and O–H groups in total. The molecule has 0 radical (unpaired) electrons. The quantitative estimate of drug-likeness (QED) is 0.848. The summed E-state index contributed by atoms with van der Waals surface area (Å²) in [7, 11) is 0. The number of hydrogen-bond donors (Lipinski definition) is 1. The summed E-state index contributed by atoms with van der Waals surface area (Å²) in [6, 6.07) is 11.6. The summed E-state index contributed by atoms with van der Waals surface area (Å²) in [5.74, 6) is -0.134. The van der Waals surface area contributed by atoms with Gasteiger partial charge in [0.15, 0.2) is 0 Å². The standard InChI is InChI=1S/C16H16N2O/c1-2-14-7-3-4-8-15(14)18-16(19)10-9-13-6-5-11-17-12-13/h3-12H,2H2,1H3,(H,18,19)/b10-9+. The first-order chi connectivity index (χ1) is 9.29. The number of benzene rings is 1. The Kier molecular flexibility index (Phi) is 4.45. The minimum absolute atomic E-state index is 0.134. The number of aryl methyl sites for hydroxylation is 1. The van der Waals surface area contributed by atoms with Crippen LogP contribution in [0.5, 0.6) is 0 Å². The van der Waals surface area contributed by atoms with Gasteiger partial charge in [0.25, 0.3) is 0 Å². The number of hydrogen-bond acceptors (Lipinski definition) is 2. The molecular weight excluding hydrogens is 236 g/mol. The third-order valence-electron chi connectivity index (χ3n) is 2.77. The van der Waals surface area contributed by atoms with Crippen LogP contribution in [-0.2, 0) is 11.2 Å². The van der Waals surface area contributed by atoms with Gasteiger partial charge >= 0.3 is 0 Å². The molecule has 0 aliphatic carbocycles. The minimum Gasteiger partial charge on any atom is -0.322 e. The summed E-state index contributed by atoms with van der Waals surface area (Å²) in [6.45, 7) is 2.07. The molecule has 3 heteroatoms. The molecule has 1 aromatic carbocycles. The van der Waals surface area contributed by atoms with Crippen LogP contribution in [0, 0.1) is 0 Å². The Hall–Kier alpha value is -2.42. The molecule has 96 valence electrons. The number of nitrogens with one attached hydrogen (secondary N) is 1. The van der Waals surface area contributed by atoms with Crippen molar-refractivity contribution in [1.82, 2.24) is 4.98 Å². The van der Waals surface area contributed by atoms with E-state index in [0.29, 0.717) is 0 Å². The summed E-state index contributed by atoms with van der Waals surface area (Å²) >= 11 is 0. The fourth-order valence-corrected chi connectivity index (χ4v) is 1.77. The van der Waals surface area contributed by atoms with E-state index >= 15 is 0 Å². The van der Waals surface area contributed by atoms with Crippen molar-refractivity contribution in [2.24, 2.45) is 0 Å². The van der Waals surface area contributed by atoms with Gasteiger partial charge in [-0.15, -0.1) is 0 Å². The lowest BCUT2D eigenvalue weighted by Gasteiger charge is -2.07. The summed E-state index contributed by atoms with van der Waals surface area (Å²) in [4.78, 5) is 15.8. The molecule has 2 aromatic rings. The average molecular weight is 252 g/mol. The second kappa shape index (κ2) is 6.50. The molecule has 0 aliphatic heterocycles. The van der Waals surface area contributed by atoms with Crippen LogP contribution in [0.15, 0.2) is 54.9 Å². The summed E-state index contributed by atoms with van der Waals surface area (Å²) < 4.78 is 0. The number of pyridine rings is 1. The van der Waals surface area contributed by atoms with E-state index in [2.05, 4.69) is 17.2 Å². The Morgan fingerprint density at radius 3 is 2.84 bits per heavy atom. The number of para-hydroxylation sites is 1. The zero-order valence-electron chi connectivity index (χ0n) is 10.8. The molecule has 1 heterocycles. The Balaban J connectivity index is 2.04. The van der Waals surface area contributed by atoms with Gasteiger partial charge in [0, 0.05) is 24.2 Å². The van der Waals surface area contributed by atoms with Gasteiger partial charge in [-0.05, 0) is 35.8 Å². The van der Waals surface area contributed by atoms with Gasteiger partial charge in [-0.2, -0.15) is 0 Å². The molecular formula is C16H16N2O. The van der Waals surface area contributed by atoms with Crippen molar-refractivity contribution in [3.63, 3.8) is 0 Å². The molecule has 0 bridgehead atoms. The van der Waals surface area contributed by atoms with Crippen molar-refractivity contribution in [3.8, 4) is 0 Å². The van der Waals surface area contributed by atoms with Gasteiger partial charge < -0.3 is 5.32 Å². The topological polar surface area (TPSA) is 42.0 Å². The lowest BCUT2D eigenvalue weighted by atomic mass is 10.1. The van der Waals surface area contributed by atoms with Gasteiger partial charge in [0.1, 0.15) is 0 Å². The number of amides is 1. The highest BCUT2D eigenvalue weighted by Gasteiger charge is 2.02. The minimum atomic E-state index is -0.134. The van der Waals surface area contributed by atoms with Crippen LogP contribution in [0.3, 0.4) is 0 Å². The van der Waals surface area contributed by atoms with Gasteiger partial charge in [-0.1, -0.05) is 31.2 Å². The van der Waals surface area contributed by atoms with E-state index in [1.165, 1.54) is 6.08 Å². The Bertz CT molecular complexity index is 576. The molecule has 1 amide bonds. The maximum atomic E-state index is 11.8. The number of rotatable bonds is 4. The molecule has 0 saturated heterocycles. The van der Waals surface area contributed by atoms with Crippen LogP contribution in [0.1, 0.15) is 18.1 Å². The maximum Gasteiger partial charge on any atom is 0.248 e. The van der Waals surface area contributed by atoms with Crippen LogP contribution in [-0.4, -0.2) is 10.9 Å². The second-order valence-corrected chi connectivity index (χ2v) is 4.12. The Morgan fingerprint density at radius 2 is 2.11 bits per heavy atom. The number of carbonyl (C=O) groups is 1. The highest BCUT2D eigenvalue weighted by atomic mass is 16.1. The van der Waals surface area contributed by atoms with Crippen molar-refractivity contribution in [1.29, 1.82) is 0 Å². The van der Waals surface area contributed by atoms with Crippen molar-refractivity contribution >= 4 is 17.7 Å². The molecule has 19 heavy (non-hydrogen) atoms. The lowest BCUT2D eigenvalue weighted by molar-refractivity contribution is -0.111. The van der Waals surface area contributed by atoms with Crippen LogP contribution in [0.2, 0.25) is 0 Å². The van der Waals surface area contributed by atoms with Crippen molar-refractivity contribution in [2.75, 3.05) is 5.32 Å². The normalized spacial score (nSPS) is 10.6. The fourth-order valence-electron chi connectivity index (χ4n) is 1.77. The first-order valence-electron chi connectivity index (χ1n) is 6.26. The van der Waals surface area contributed by atoms with Crippen LogP contribution >= 0.6 is 0 Å². The molecule has 0 unspecified atom stereocenters. The van der Waals surface area contributed by atoms with Crippen molar-refractivity contribution in [3.05, 3.63) is 66.0 Å². The average Bonchev–Trinajstić information content (AvgIpc) is 2.47. The third-order valence-corrected chi connectivity index (χ3v) is 2.77. The lowest BCUT2D eigenvalue weighted by Crippen LogP contribution is -2.09. The molecule has 2 rings (SSSR count). The number of anilines is 1. The van der Waals surface area contributed by atoms with Crippen LogP contribution in [0.25, 0.3) is 6.08 Å². The van der Waals surface area contributed by atoms with Gasteiger partial charge in [0.05, 0.1) is 0 Å². The second-order valence-electron chi connectivity index (χ2n) is 4.12. The molecule has 0 atom stereocenters. The van der Waals surface area contributed by atoms with E-state index in [1.54, 1.807) is 18.5 Å². The first kappa shape index (κ1) is 13.0. The van der Waals surface area contributed by atoms with Crippen LogP contribution < -0.4 is 5.32 Å². The number of carbonyl (C=O) groups excluding carboxylic acids is 1. The smallest absolute Gasteiger partial charge is 0.248 e. The monoisotopic (exact) mass is 252 g/mol. The maximum absolute atomic E-state index is 11.8. The SMILES string of the molecule is CCc1ccccc1NC(=O)/C=C/c1cccnc1. The zero-order valence-corrected chi connectivity index (χ0v) is 10.8. The third kappa shape index (κ3) is 3.78. The predicted molar refractivity (Wildman–Crippen MR) is 77.7 cm³/mol. The number of aromatic nitrogens is 1. The molecule has 0 spiro atoms. The highest BCUT2D eigenvalue weighted by molar-refractivity contribution is 6.02. The molecule has 1 aromatic heterocycles. The first-order valence-corrected chi connectivity index (χ1v) is 6.26. The molecule has 0 aliphatic rings. The van der Waals surface area contributed by atoms with Gasteiger partial charge in [-0.25, -0.2) is 0 Å². The Labute approximate surface area is 113 Å². The van der Waals surface area contributed by atoms with E-state index in [4.69, 9.17) is 0 Å². The largest absolute Gasteiger partial charge is 0.322 e. The summed E-state index contributed by atoms with van der Waals surface area (Å²) in [5, 5.41) is 2.89. The van der Waals surface area contributed by atoms with Gasteiger partial charge in [0.2, 0.25) is 5.91 Å². The molecule has 3 nitrogen and oxygen atoms in total. The van der Waals surface area contributed by atoms with Gasteiger partial charge in [-0.3, -0.25) is 9.78 Å². The van der Waals surface area contributed by atoms with E-state index in [1.807, 2.05) is 36.4 Å². The number of nitrogens with zero attached hydrogens (tertiary/aromatic N) is 1. The van der Waals surface area contributed by atoms with E-state index < -0.39 is 0 Å². The van der Waals surface area contributed by atoms with Crippen LogP contribution in [0.4, 0.5) is 5.69 Å². The fraction of sp³-hybridized carbons (Fsp3) is 0.125. The van der Waals surface area contributed by atoms with E-state index in [0.717, 1.165) is 23.2 Å². The summed E-state index contributed by atoms with van der Waals surface area (Å²) in [5.41, 5.74) is 2.90. The zero-order chi connectivity index (χ0) is 13.5. The van der Waals surface area contributed by atoms with Crippen molar-refractivity contribution < 1.29 is 4.79 Å². The highest BCUT2D eigenvalue weighted by Crippen LogP contribution is 2.15.